The lowest BCUT2D eigenvalue weighted by Gasteiger charge is -2.29. The van der Waals surface area contributed by atoms with Crippen LogP contribution >= 0.6 is 28.1 Å². The summed E-state index contributed by atoms with van der Waals surface area (Å²) in [5, 5.41) is 4.23. The third-order valence-electron chi connectivity index (χ3n) is 5.58. The number of benzene rings is 2. The van der Waals surface area contributed by atoms with Gasteiger partial charge in [-0.05, 0) is 73.7 Å². The Hall–Kier alpha value is -2.96. The predicted molar refractivity (Wildman–Crippen MR) is 133 cm³/mol. The van der Waals surface area contributed by atoms with Crippen LogP contribution < -0.4 is 10.2 Å². The van der Waals surface area contributed by atoms with Crippen LogP contribution in [0.3, 0.4) is 0 Å². The Labute approximate surface area is 195 Å². The molecule has 1 aliphatic heterocycles. The van der Waals surface area contributed by atoms with Crippen LogP contribution in [0.5, 0.6) is 0 Å². The van der Waals surface area contributed by atoms with Gasteiger partial charge in [0, 0.05) is 33.9 Å². The van der Waals surface area contributed by atoms with E-state index in [1.54, 1.807) is 0 Å². The zero-order chi connectivity index (χ0) is 21.4. The number of pyridine rings is 1. The van der Waals surface area contributed by atoms with Gasteiger partial charge >= 0.3 is 0 Å². The number of anilines is 1. The molecule has 0 bridgehead atoms. The number of hydrogen-bond donors (Lipinski definition) is 1. The van der Waals surface area contributed by atoms with Crippen molar-refractivity contribution in [2.24, 2.45) is 0 Å². The summed E-state index contributed by atoms with van der Waals surface area (Å²) in [6.45, 7) is 2.09. The number of aryl methyl sites for hydroxylation is 1. The lowest BCUT2D eigenvalue weighted by molar-refractivity contribution is 0.549. The Kier molecular flexibility index (Phi) is 5.34. The minimum Gasteiger partial charge on any atom is -0.351 e. The Morgan fingerprint density at radius 1 is 0.935 bits per heavy atom. The van der Waals surface area contributed by atoms with Gasteiger partial charge in [-0.2, -0.15) is 0 Å². The van der Waals surface area contributed by atoms with Crippen molar-refractivity contribution in [2.75, 3.05) is 4.90 Å². The third kappa shape index (κ3) is 3.77. The molecule has 0 radical (unpaired) electrons. The van der Waals surface area contributed by atoms with Crippen molar-refractivity contribution in [2.45, 2.75) is 19.0 Å². The molecule has 0 aliphatic carbocycles. The van der Waals surface area contributed by atoms with Crippen LogP contribution in [-0.2, 0) is 0 Å². The molecule has 4 aromatic rings. The van der Waals surface area contributed by atoms with E-state index in [0.29, 0.717) is 5.11 Å². The molecule has 3 heterocycles. The highest BCUT2D eigenvalue weighted by Gasteiger charge is 2.42. The SMILES string of the molecule is Cc1ccc(N2C(=S)N[C@H](c3ccccn3)[C@@H]2c2cccn2-c2cccc(Br)c2)cc1. The van der Waals surface area contributed by atoms with Crippen molar-refractivity contribution >= 4 is 38.9 Å². The highest BCUT2D eigenvalue weighted by Crippen LogP contribution is 2.42. The maximum absolute atomic E-state index is 5.83. The number of nitrogens with one attached hydrogen (secondary N) is 1. The minimum absolute atomic E-state index is 0.0564. The van der Waals surface area contributed by atoms with E-state index < -0.39 is 0 Å². The first-order chi connectivity index (χ1) is 15.1. The molecule has 1 aliphatic rings. The Bertz CT molecular complexity index is 1220. The van der Waals surface area contributed by atoms with E-state index in [0.717, 1.165) is 27.2 Å². The molecular weight excluding hydrogens is 468 g/mol. The summed E-state index contributed by atoms with van der Waals surface area (Å²) in [5.74, 6) is 0. The maximum Gasteiger partial charge on any atom is 0.174 e. The first-order valence-corrected chi connectivity index (χ1v) is 11.3. The van der Waals surface area contributed by atoms with Crippen molar-refractivity contribution in [3.8, 4) is 5.69 Å². The monoisotopic (exact) mass is 488 g/mol. The van der Waals surface area contributed by atoms with Gasteiger partial charge in [0.15, 0.2) is 5.11 Å². The van der Waals surface area contributed by atoms with E-state index in [2.05, 4.69) is 109 Å². The standard InChI is InChI=1S/C25H21BrN4S/c1-17-10-12-19(13-11-17)30-24(23(28-25(30)31)21-8-2-3-14-27-21)22-9-5-15-29(22)20-7-4-6-18(26)16-20/h2-16,23-24H,1H3,(H,28,31)/t23-,24+/m1/s1. The van der Waals surface area contributed by atoms with Gasteiger partial charge in [-0.3, -0.25) is 4.98 Å². The fraction of sp³-hybridized carbons (Fsp3) is 0.120. The van der Waals surface area contributed by atoms with Crippen molar-refractivity contribution in [1.82, 2.24) is 14.9 Å². The number of aromatic nitrogens is 2. The highest BCUT2D eigenvalue weighted by molar-refractivity contribution is 9.10. The van der Waals surface area contributed by atoms with Gasteiger partial charge in [0.25, 0.3) is 0 Å². The van der Waals surface area contributed by atoms with Crippen LogP contribution in [0.4, 0.5) is 5.69 Å². The number of halogens is 1. The summed E-state index contributed by atoms with van der Waals surface area (Å²) in [5.41, 5.74) is 5.48. The molecule has 1 fully saturated rings. The molecule has 2 atom stereocenters. The van der Waals surface area contributed by atoms with Crippen LogP contribution in [0.1, 0.15) is 29.0 Å². The Morgan fingerprint density at radius 3 is 2.52 bits per heavy atom. The lowest BCUT2D eigenvalue weighted by atomic mass is 10.0. The average Bonchev–Trinajstić information content (AvgIpc) is 3.39. The summed E-state index contributed by atoms with van der Waals surface area (Å²) in [4.78, 5) is 6.85. The second kappa shape index (κ2) is 8.29. The van der Waals surface area contributed by atoms with Crippen molar-refractivity contribution < 1.29 is 0 Å². The molecular formula is C25H21BrN4S. The number of thiocarbonyl (C=S) groups is 1. The van der Waals surface area contributed by atoms with Crippen LogP contribution in [0.25, 0.3) is 5.69 Å². The fourth-order valence-corrected chi connectivity index (χ4v) is 4.87. The quantitative estimate of drug-likeness (QED) is 0.350. The van der Waals surface area contributed by atoms with Crippen LogP contribution in [0, 0.1) is 6.92 Å². The second-order valence-electron chi connectivity index (χ2n) is 7.62. The van der Waals surface area contributed by atoms with E-state index in [1.165, 1.54) is 5.56 Å². The largest absolute Gasteiger partial charge is 0.351 e. The van der Waals surface area contributed by atoms with Crippen molar-refractivity contribution in [3.05, 3.63) is 113 Å². The normalized spacial score (nSPS) is 18.3. The van der Waals surface area contributed by atoms with E-state index in [9.17, 15) is 0 Å². The molecule has 154 valence electrons. The Morgan fingerprint density at radius 2 is 1.77 bits per heavy atom. The Balaban J connectivity index is 1.67. The molecule has 1 N–H and O–H groups in total. The van der Waals surface area contributed by atoms with E-state index in [4.69, 9.17) is 12.2 Å². The minimum atomic E-state index is -0.0733. The number of rotatable bonds is 4. The molecule has 0 spiro atoms. The topological polar surface area (TPSA) is 33.1 Å². The van der Waals surface area contributed by atoms with E-state index >= 15 is 0 Å². The second-order valence-corrected chi connectivity index (χ2v) is 8.92. The van der Waals surface area contributed by atoms with Crippen molar-refractivity contribution in [3.63, 3.8) is 0 Å². The van der Waals surface area contributed by atoms with Crippen LogP contribution in [0.2, 0.25) is 0 Å². The molecule has 2 aromatic heterocycles. The fourth-order valence-electron chi connectivity index (χ4n) is 4.14. The zero-order valence-electron chi connectivity index (χ0n) is 16.9. The smallest absolute Gasteiger partial charge is 0.174 e. The molecule has 5 rings (SSSR count). The van der Waals surface area contributed by atoms with Crippen LogP contribution in [0.15, 0.2) is 95.7 Å². The van der Waals surface area contributed by atoms with Gasteiger partial charge in [-0.25, -0.2) is 0 Å². The van der Waals surface area contributed by atoms with Gasteiger partial charge in [0.1, 0.15) is 6.04 Å². The van der Waals surface area contributed by atoms with Gasteiger partial charge in [-0.15, -0.1) is 0 Å². The van der Waals surface area contributed by atoms with Gasteiger partial charge in [0.2, 0.25) is 0 Å². The molecule has 0 saturated carbocycles. The molecule has 0 amide bonds. The molecule has 31 heavy (non-hydrogen) atoms. The third-order valence-corrected chi connectivity index (χ3v) is 6.39. The van der Waals surface area contributed by atoms with Gasteiger partial charge < -0.3 is 14.8 Å². The lowest BCUT2D eigenvalue weighted by Crippen LogP contribution is -2.30. The average molecular weight is 489 g/mol. The van der Waals surface area contributed by atoms with Crippen molar-refractivity contribution in [1.29, 1.82) is 0 Å². The van der Waals surface area contributed by atoms with Crippen LogP contribution in [-0.4, -0.2) is 14.7 Å². The number of hydrogen-bond acceptors (Lipinski definition) is 2. The predicted octanol–water partition coefficient (Wildman–Crippen LogP) is 6.12. The number of nitrogens with zero attached hydrogens (tertiary/aromatic N) is 3. The molecule has 1 saturated heterocycles. The first kappa shape index (κ1) is 20.0. The summed E-state index contributed by atoms with van der Waals surface area (Å²) in [6, 6.07) is 27.0. The summed E-state index contributed by atoms with van der Waals surface area (Å²) >= 11 is 9.44. The maximum atomic E-state index is 5.83. The summed E-state index contributed by atoms with van der Waals surface area (Å²) in [6.07, 6.45) is 3.93. The zero-order valence-corrected chi connectivity index (χ0v) is 19.3. The molecule has 4 nitrogen and oxygen atoms in total. The molecule has 2 aromatic carbocycles. The summed E-state index contributed by atoms with van der Waals surface area (Å²) in [7, 11) is 0. The molecule has 0 unspecified atom stereocenters. The van der Waals surface area contributed by atoms with Gasteiger partial charge in [0.05, 0.1) is 11.7 Å². The highest BCUT2D eigenvalue weighted by atomic mass is 79.9. The molecule has 6 heteroatoms. The van der Waals surface area contributed by atoms with E-state index in [1.807, 2.05) is 24.4 Å². The summed E-state index contributed by atoms with van der Waals surface area (Å²) < 4.78 is 3.27. The van der Waals surface area contributed by atoms with E-state index in [-0.39, 0.29) is 12.1 Å². The first-order valence-electron chi connectivity index (χ1n) is 10.1. The van der Waals surface area contributed by atoms with Gasteiger partial charge in [-0.1, -0.05) is 45.8 Å².